The SMILES string of the molecule is C[C@@H]1CN(c2ncc(Cl)c(Nc3cc4c5c(c(=O)n(C)c4cc3F)OCC(F)(F)C(C3CC3)N5)n2)CC[C@@H]1CN1CCC(c2c(F)cc3c(C4CCC(=O)NC4=O)nn(C)c3c2F)CC1. The Bertz CT molecular complexity index is 2830. The quantitative estimate of drug-likeness (QED) is 0.108. The number of carbonyl (C=O) groups excluding carboxylic acids is 2. The van der Waals surface area contributed by atoms with Gasteiger partial charge in [-0.1, -0.05) is 18.5 Å². The van der Waals surface area contributed by atoms with Crippen LogP contribution >= 0.6 is 11.6 Å². The number of nitrogens with zero attached hydrogens (tertiary/aromatic N) is 7. The van der Waals surface area contributed by atoms with Crippen molar-refractivity contribution in [2.45, 2.75) is 75.7 Å². The van der Waals surface area contributed by atoms with Crippen LogP contribution in [-0.2, 0) is 23.7 Å². The summed E-state index contributed by atoms with van der Waals surface area (Å²) in [6.07, 6.45) is 4.99. The Kier molecular flexibility index (Phi) is 10.9. The van der Waals surface area contributed by atoms with E-state index in [1.807, 2.05) is 4.90 Å². The summed E-state index contributed by atoms with van der Waals surface area (Å²) in [4.78, 5) is 51.2. The van der Waals surface area contributed by atoms with Crippen molar-refractivity contribution in [2.24, 2.45) is 31.8 Å². The lowest BCUT2D eigenvalue weighted by molar-refractivity contribution is -0.134. The van der Waals surface area contributed by atoms with Crippen LogP contribution < -0.4 is 31.1 Å². The number of aromatic nitrogens is 5. The summed E-state index contributed by atoms with van der Waals surface area (Å²) in [6, 6.07) is 2.64. The number of carbonyl (C=O) groups is 2. The Morgan fingerprint density at radius 3 is 2.46 bits per heavy atom. The first-order valence-electron chi connectivity index (χ1n) is 22.1. The molecule has 0 bridgehead atoms. The van der Waals surface area contributed by atoms with E-state index in [4.69, 9.17) is 21.3 Å². The first-order valence-corrected chi connectivity index (χ1v) is 22.5. The number of benzene rings is 2. The van der Waals surface area contributed by atoms with E-state index in [0.29, 0.717) is 69.1 Å². The fourth-order valence-corrected chi connectivity index (χ4v) is 10.5. The number of rotatable bonds is 8. The highest BCUT2D eigenvalue weighted by Gasteiger charge is 2.51. The van der Waals surface area contributed by atoms with E-state index in [-0.39, 0.29) is 92.1 Å². The molecule has 0 radical (unpaired) electrons. The minimum absolute atomic E-state index is 0.0385. The molecule has 3 saturated heterocycles. The van der Waals surface area contributed by atoms with Crippen molar-refractivity contribution in [1.82, 2.24) is 34.5 Å². The third kappa shape index (κ3) is 7.80. The summed E-state index contributed by atoms with van der Waals surface area (Å²) in [5.41, 5.74) is 0.0337. The van der Waals surface area contributed by atoms with Gasteiger partial charge in [0.05, 0.1) is 40.7 Å². The molecule has 4 fully saturated rings. The van der Waals surface area contributed by atoms with Crippen molar-refractivity contribution in [3.8, 4) is 5.75 Å². The third-order valence-electron chi connectivity index (χ3n) is 14.2. The van der Waals surface area contributed by atoms with Gasteiger partial charge in [-0.2, -0.15) is 10.1 Å². The summed E-state index contributed by atoms with van der Waals surface area (Å²) >= 11 is 6.57. The van der Waals surface area contributed by atoms with Crippen LogP contribution in [0.1, 0.15) is 75.0 Å². The number of piperidine rings is 3. The largest absolute Gasteiger partial charge is 0.480 e. The number of aryl methyl sites for hydroxylation is 2. The second kappa shape index (κ2) is 16.4. The maximum Gasteiger partial charge on any atom is 0.301 e. The first kappa shape index (κ1) is 43.3. The van der Waals surface area contributed by atoms with Gasteiger partial charge in [0, 0.05) is 62.6 Å². The van der Waals surface area contributed by atoms with E-state index < -0.39 is 53.4 Å². The second-order valence-corrected chi connectivity index (χ2v) is 18.9. The fourth-order valence-electron chi connectivity index (χ4n) is 10.4. The number of hydrogen-bond donors (Lipinski definition) is 3. The number of anilines is 4. The highest BCUT2D eigenvalue weighted by molar-refractivity contribution is 6.33. The van der Waals surface area contributed by atoms with Crippen LogP contribution in [0.5, 0.6) is 5.75 Å². The number of halogens is 6. The van der Waals surface area contributed by atoms with Gasteiger partial charge >= 0.3 is 5.92 Å². The molecular formula is C45H48ClF5N10O4. The normalized spacial score (nSPS) is 24.1. The van der Waals surface area contributed by atoms with Crippen molar-refractivity contribution in [3.63, 3.8) is 0 Å². The summed E-state index contributed by atoms with van der Waals surface area (Å²) in [6.45, 7) is 4.62. The van der Waals surface area contributed by atoms with Gasteiger partial charge in [-0.15, -0.1) is 0 Å². The van der Waals surface area contributed by atoms with Crippen LogP contribution in [0.2, 0.25) is 5.02 Å². The number of nitrogens with one attached hydrogen (secondary N) is 3. The summed E-state index contributed by atoms with van der Waals surface area (Å²) < 4.78 is 86.3. The van der Waals surface area contributed by atoms with E-state index in [1.165, 1.54) is 40.7 Å². The molecule has 0 spiro atoms. The molecule has 20 heteroatoms. The minimum atomic E-state index is -3.23. The standard InChI is InChI=1S/C45H48ClF5N10O4/c1-21-18-61(13-10-24(21)19-60-11-8-22(9-12-60)34-30(48)14-27-36(57-59(3)38(27)35(34)49)25-6-7-33(62)54-42(25)63)44-52-17-28(46)41(56-44)53-31-15-26-32(16-29(31)47)58(2)43(64)39-37(26)55-40(23-4-5-23)45(50,51)20-65-39/h14-17,21-25,40,55H,4-13,18-20H2,1-3H3,(H,52,53,56)(H,54,62,63)/t21-,24-,25?,40?/m1/s1. The Morgan fingerprint density at radius 1 is 0.969 bits per heavy atom. The second-order valence-electron chi connectivity index (χ2n) is 18.5. The molecule has 5 aliphatic rings. The van der Waals surface area contributed by atoms with Crippen molar-refractivity contribution in [3.05, 3.63) is 68.5 Å². The number of amides is 2. The molecule has 4 atom stereocenters. The summed E-state index contributed by atoms with van der Waals surface area (Å²) in [5.74, 6) is -6.72. The number of likely N-dealkylation sites (tertiary alicyclic amines) is 1. The van der Waals surface area contributed by atoms with Gasteiger partial charge < -0.3 is 29.7 Å². The van der Waals surface area contributed by atoms with Crippen LogP contribution in [-0.4, -0.2) is 92.3 Å². The van der Waals surface area contributed by atoms with Crippen LogP contribution in [0, 0.1) is 35.2 Å². The molecule has 3 aromatic heterocycles. The maximum atomic E-state index is 16.2. The van der Waals surface area contributed by atoms with Gasteiger partial charge in [-0.3, -0.25) is 24.4 Å². The molecule has 7 heterocycles. The van der Waals surface area contributed by atoms with Crippen LogP contribution in [0.15, 0.2) is 29.2 Å². The highest BCUT2D eigenvalue weighted by Crippen LogP contribution is 2.46. The Morgan fingerprint density at radius 2 is 1.74 bits per heavy atom. The van der Waals surface area contributed by atoms with Crippen LogP contribution in [0.25, 0.3) is 21.8 Å². The van der Waals surface area contributed by atoms with Crippen molar-refractivity contribution < 1.29 is 36.3 Å². The number of pyridine rings is 1. The molecule has 1 saturated carbocycles. The smallest absolute Gasteiger partial charge is 0.301 e. The van der Waals surface area contributed by atoms with Gasteiger partial charge in [0.25, 0.3) is 5.56 Å². The van der Waals surface area contributed by atoms with Crippen molar-refractivity contribution in [2.75, 3.05) is 54.9 Å². The van der Waals surface area contributed by atoms with Crippen LogP contribution in [0.4, 0.5) is 45.1 Å². The molecule has 1 aliphatic carbocycles. The monoisotopic (exact) mass is 922 g/mol. The van der Waals surface area contributed by atoms with E-state index in [9.17, 15) is 14.4 Å². The van der Waals surface area contributed by atoms with E-state index in [2.05, 4.69) is 37.9 Å². The van der Waals surface area contributed by atoms with Gasteiger partial charge in [-0.25, -0.2) is 26.9 Å². The Balaban J connectivity index is 0.801. The minimum Gasteiger partial charge on any atom is -0.480 e. The molecule has 2 unspecified atom stereocenters. The number of alkyl halides is 2. The molecule has 14 nitrogen and oxygen atoms in total. The van der Waals surface area contributed by atoms with Crippen molar-refractivity contribution in [1.29, 1.82) is 0 Å². The Hall–Kier alpha value is -5.56. The first-order chi connectivity index (χ1) is 31.1. The highest BCUT2D eigenvalue weighted by atomic mass is 35.5. The zero-order chi connectivity index (χ0) is 45.6. The molecule has 4 aliphatic heterocycles. The molecule has 3 N–H and O–H groups in total. The summed E-state index contributed by atoms with van der Waals surface area (Å²) in [7, 11) is 3.01. The lowest BCUT2D eigenvalue weighted by Crippen LogP contribution is -2.45. The maximum absolute atomic E-state index is 16.2. The van der Waals surface area contributed by atoms with E-state index >= 15 is 22.0 Å². The number of imide groups is 1. The Labute approximate surface area is 374 Å². The molecular weight excluding hydrogens is 875 g/mol. The summed E-state index contributed by atoms with van der Waals surface area (Å²) in [5, 5.41) is 13.3. The van der Waals surface area contributed by atoms with Gasteiger partial charge in [0.15, 0.2) is 18.2 Å². The van der Waals surface area contributed by atoms with Crippen LogP contribution in [0.3, 0.4) is 0 Å². The van der Waals surface area contributed by atoms with E-state index in [0.717, 1.165) is 13.0 Å². The van der Waals surface area contributed by atoms with Gasteiger partial charge in [0.1, 0.15) is 22.2 Å². The van der Waals surface area contributed by atoms with E-state index in [1.54, 1.807) is 7.05 Å². The number of ether oxygens (including phenoxy) is 1. The van der Waals surface area contributed by atoms with Gasteiger partial charge in [-0.05, 0) is 87.4 Å². The predicted molar refractivity (Wildman–Crippen MR) is 234 cm³/mol. The number of fused-ring (bicyclic) bond motifs is 4. The topological polar surface area (TPSA) is 152 Å². The zero-order valence-electron chi connectivity index (χ0n) is 36.0. The molecule has 344 valence electrons. The zero-order valence-corrected chi connectivity index (χ0v) is 36.8. The average molecular weight is 923 g/mol. The molecule has 10 rings (SSSR count). The average Bonchev–Trinajstić information content (AvgIpc) is 4.07. The molecule has 2 amide bonds. The lowest BCUT2D eigenvalue weighted by Gasteiger charge is -2.41. The lowest BCUT2D eigenvalue weighted by atomic mass is 9.84. The fraction of sp³-hybridized carbons (Fsp3) is 0.511. The predicted octanol–water partition coefficient (Wildman–Crippen LogP) is 7.11. The molecule has 65 heavy (non-hydrogen) atoms. The van der Waals surface area contributed by atoms with Crippen molar-refractivity contribution >= 4 is 68.4 Å². The third-order valence-corrected chi connectivity index (χ3v) is 14.5. The number of hydrogen-bond acceptors (Lipinski definition) is 11. The van der Waals surface area contributed by atoms with Gasteiger partial charge in [0.2, 0.25) is 23.5 Å². The molecule has 5 aromatic rings. The molecule has 2 aromatic carbocycles.